The van der Waals surface area contributed by atoms with Gasteiger partial charge < -0.3 is 23.7 Å². The van der Waals surface area contributed by atoms with E-state index in [9.17, 15) is 9.59 Å². The highest BCUT2D eigenvalue weighted by Gasteiger charge is 2.53. The Morgan fingerprint density at radius 2 is 1.97 bits per heavy atom. The molecule has 3 aliphatic heterocycles. The molecule has 39 heavy (non-hydrogen) atoms. The van der Waals surface area contributed by atoms with Crippen molar-refractivity contribution in [1.82, 2.24) is 14.8 Å². The summed E-state index contributed by atoms with van der Waals surface area (Å²) in [6.45, 7) is 12.4. The zero-order valence-corrected chi connectivity index (χ0v) is 23.6. The molecule has 0 N–H and O–H groups in total. The fourth-order valence-electron chi connectivity index (χ4n) is 5.70. The number of likely N-dealkylation sites (tertiary alicyclic amines) is 1. The van der Waals surface area contributed by atoms with Gasteiger partial charge in [0.05, 0.1) is 38.1 Å². The first-order chi connectivity index (χ1) is 18.6. The van der Waals surface area contributed by atoms with Crippen molar-refractivity contribution >= 4 is 23.0 Å². The molecule has 2 fully saturated rings. The van der Waals surface area contributed by atoms with Crippen molar-refractivity contribution in [1.29, 1.82) is 0 Å². The van der Waals surface area contributed by atoms with Gasteiger partial charge in [0, 0.05) is 37.0 Å². The molecule has 0 radical (unpaired) electrons. The Morgan fingerprint density at radius 1 is 1.21 bits per heavy atom. The van der Waals surface area contributed by atoms with Crippen LogP contribution in [0.1, 0.15) is 44.9 Å². The number of aromatic nitrogens is 1. The van der Waals surface area contributed by atoms with Crippen molar-refractivity contribution in [3.8, 4) is 11.5 Å². The highest BCUT2D eigenvalue weighted by Crippen LogP contribution is 2.45. The molecular weight excluding hydrogens is 502 g/mol. The lowest BCUT2D eigenvalue weighted by atomic mass is 9.87. The Bertz CT molecular complexity index is 1240. The Kier molecular flexibility index (Phi) is 7.61. The number of pyridine rings is 1. The van der Waals surface area contributed by atoms with Gasteiger partial charge in [-0.3, -0.25) is 9.80 Å². The van der Waals surface area contributed by atoms with Gasteiger partial charge in [0.25, 0.3) is 0 Å². The number of ether oxygens (including phenoxy) is 5. The van der Waals surface area contributed by atoms with E-state index in [4.69, 9.17) is 28.7 Å². The summed E-state index contributed by atoms with van der Waals surface area (Å²) in [5.74, 6) is 1.04. The van der Waals surface area contributed by atoms with E-state index < -0.39 is 29.3 Å². The topological polar surface area (TPSA) is 99.7 Å². The van der Waals surface area contributed by atoms with Gasteiger partial charge in [-0.25, -0.2) is 14.6 Å². The molecule has 3 aliphatic rings. The summed E-state index contributed by atoms with van der Waals surface area (Å²) in [5, 5.41) is 1.00. The molecule has 1 aromatic carbocycles. The number of aryl methyl sites for hydroxylation is 2. The second kappa shape index (κ2) is 10.8. The molecule has 2 atom stereocenters. The van der Waals surface area contributed by atoms with Crippen molar-refractivity contribution in [2.75, 3.05) is 53.1 Å². The van der Waals surface area contributed by atoms with Gasteiger partial charge in [0.15, 0.2) is 0 Å². The van der Waals surface area contributed by atoms with Crippen molar-refractivity contribution in [2.24, 2.45) is 0 Å². The van der Waals surface area contributed by atoms with Crippen LogP contribution in [0.15, 0.2) is 18.2 Å². The van der Waals surface area contributed by atoms with Crippen LogP contribution in [0.3, 0.4) is 0 Å². The Labute approximate surface area is 229 Å². The predicted molar refractivity (Wildman–Crippen MR) is 144 cm³/mol. The standard InChI is InChI=1S/C29H39N3O7/c1-19-25-21(22-16-20(6-7-23(22)30-19)37-15-12-31-10-13-36-14-11-31)8-9-29(38-25)17-24(26(33)35-5)32(18-29)27(34)39-28(2,3)4/h6-7,16,24H,8-15,17-18H2,1-5H3/t24-,29?/m0/s1. The van der Waals surface area contributed by atoms with E-state index in [-0.39, 0.29) is 6.54 Å². The molecule has 2 saturated heterocycles. The van der Waals surface area contributed by atoms with Crippen LogP contribution in [0.25, 0.3) is 10.9 Å². The summed E-state index contributed by atoms with van der Waals surface area (Å²) in [7, 11) is 1.33. The van der Waals surface area contributed by atoms with E-state index in [0.717, 1.165) is 67.2 Å². The van der Waals surface area contributed by atoms with Crippen LogP contribution in [-0.4, -0.2) is 97.2 Å². The number of methoxy groups -OCH3 is 1. The van der Waals surface area contributed by atoms with Crippen LogP contribution in [0, 0.1) is 6.92 Å². The molecule has 0 bridgehead atoms. The average molecular weight is 542 g/mol. The number of nitrogens with zero attached hydrogens (tertiary/aromatic N) is 3. The summed E-state index contributed by atoms with van der Waals surface area (Å²) in [6.07, 6.45) is 1.16. The summed E-state index contributed by atoms with van der Waals surface area (Å²) in [4.78, 5) is 34.3. The van der Waals surface area contributed by atoms with Crippen molar-refractivity contribution in [2.45, 2.75) is 64.2 Å². The highest BCUT2D eigenvalue weighted by atomic mass is 16.6. The van der Waals surface area contributed by atoms with E-state index in [1.54, 1.807) is 20.8 Å². The lowest BCUT2D eigenvalue weighted by Crippen LogP contribution is -2.46. The molecule has 10 heteroatoms. The van der Waals surface area contributed by atoms with Gasteiger partial charge in [-0.15, -0.1) is 0 Å². The number of fused-ring (bicyclic) bond motifs is 3. The molecule has 10 nitrogen and oxygen atoms in total. The quantitative estimate of drug-likeness (QED) is 0.527. The smallest absolute Gasteiger partial charge is 0.411 e. The van der Waals surface area contributed by atoms with E-state index in [1.165, 1.54) is 12.0 Å². The van der Waals surface area contributed by atoms with Crippen LogP contribution < -0.4 is 9.47 Å². The maximum Gasteiger partial charge on any atom is 0.411 e. The van der Waals surface area contributed by atoms with E-state index in [1.807, 2.05) is 25.1 Å². The van der Waals surface area contributed by atoms with E-state index in [0.29, 0.717) is 25.2 Å². The fraction of sp³-hybridized carbons (Fsp3) is 0.621. The number of amides is 1. The molecule has 2 aromatic rings. The molecule has 212 valence electrons. The Morgan fingerprint density at radius 3 is 2.69 bits per heavy atom. The summed E-state index contributed by atoms with van der Waals surface area (Å²) in [5.41, 5.74) is 1.33. The maximum absolute atomic E-state index is 13.0. The normalized spacial score (nSPS) is 23.4. The molecule has 1 amide bonds. The van der Waals surface area contributed by atoms with E-state index >= 15 is 0 Å². The second-order valence-electron chi connectivity index (χ2n) is 11.6. The lowest BCUT2D eigenvalue weighted by molar-refractivity contribution is -0.145. The number of carbonyl (C=O) groups is 2. The summed E-state index contributed by atoms with van der Waals surface area (Å²) >= 11 is 0. The van der Waals surface area contributed by atoms with Crippen LogP contribution in [0.4, 0.5) is 4.79 Å². The van der Waals surface area contributed by atoms with Crippen LogP contribution >= 0.6 is 0 Å². The second-order valence-corrected chi connectivity index (χ2v) is 11.6. The SMILES string of the molecule is COC(=O)[C@@H]1CC2(CCc3c(c(C)nc4ccc(OCCN5CCOCC5)cc34)O2)CN1C(=O)OC(C)(C)C. The molecular formula is C29H39N3O7. The van der Waals surface area contributed by atoms with Gasteiger partial charge in [0.1, 0.15) is 35.3 Å². The molecule has 4 heterocycles. The third-order valence-corrected chi connectivity index (χ3v) is 7.61. The molecule has 1 aromatic heterocycles. The first-order valence-corrected chi connectivity index (χ1v) is 13.7. The first kappa shape index (κ1) is 27.5. The zero-order valence-electron chi connectivity index (χ0n) is 23.6. The summed E-state index contributed by atoms with van der Waals surface area (Å²) in [6, 6.07) is 5.22. The van der Waals surface area contributed by atoms with Gasteiger partial charge in [-0.05, 0) is 58.7 Å². The maximum atomic E-state index is 13.0. The zero-order chi connectivity index (χ0) is 27.8. The largest absolute Gasteiger partial charge is 0.492 e. The number of rotatable bonds is 5. The van der Waals surface area contributed by atoms with Crippen LogP contribution in [-0.2, 0) is 25.4 Å². The van der Waals surface area contributed by atoms with Gasteiger partial charge >= 0.3 is 12.1 Å². The number of esters is 1. The predicted octanol–water partition coefficient (Wildman–Crippen LogP) is 3.50. The minimum absolute atomic E-state index is 0.239. The van der Waals surface area contributed by atoms with Crippen LogP contribution in [0.2, 0.25) is 0 Å². The molecule has 1 spiro atoms. The number of carbonyl (C=O) groups excluding carboxylic acids is 2. The number of hydrogen-bond donors (Lipinski definition) is 0. The minimum atomic E-state index is -0.772. The fourth-order valence-corrected chi connectivity index (χ4v) is 5.70. The van der Waals surface area contributed by atoms with Gasteiger partial charge in [-0.1, -0.05) is 0 Å². The van der Waals surface area contributed by atoms with Crippen molar-refractivity contribution < 1.29 is 33.3 Å². The number of hydrogen-bond acceptors (Lipinski definition) is 9. The first-order valence-electron chi connectivity index (χ1n) is 13.7. The van der Waals surface area contributed by atoms with Crippen molar-refractivity contribution in [3.63, 3.8) is 0 Å². The Hall–Kier alpha value is -3.11. The van der Waals surface area contributed by atoms with Gasteiger partial charge in [-0.2, -0.15) is 0 Å². The number of benzene rings is 1. The van der Waals surface area contributed by atoms with E-state index in [2.05, 4.69) is 4.90 Å². The molecule has 1 unspecified atom stereocenters. The summed E-state index contributed by atoms with van der Waals surface area (Å²) < 4.78 is 28.8. The highest BCUT2D eigenvalue weighted by molar-refractivity contribution is 5.87. The average Bonchev–Trinajstić information content (AvgIpc) is 3.27. The Balaban J connectivity index is 1.36. The van der Waals surface area contributed by atoms with Crippen molar-refractivity contribution in [3.05, 3.63) is 29.5 Å². The monoisotopic (exact) mass is 541 g/mol. The third kappa shape index (κ3) is 5.91. The van der Waals surface area contributed by atoms with Crippen LogP contribution in [0.5, 0.6) is 11.5 Å². The molecule has 0 aliphatic carbocycles. The molecule has 0 saturated carbocycles. The molecule has 5 rings (SSSR count). The minimum Gasteiger partial charge on any atom is -0.492 e. The third-order valence-electron chi connectivity index (χ3n) is 7.61. The number of morpholine rings is 1. The van der Waals surface area contributed by atoms with Gasteiger partial charge in [0.2, 0.25) is 0 Å². The lowest BCUT2D eigenvalue weighted by Gasteiger charge is -2.36.